The molecule has 0 bridgehead atoms. The lowest BCUT2D eigenvalue weighted by atomic mass is 10.1. The molecule has 0 amide bonds. The van der Waals surface area contributed by atoms with Gasteiger partial charge in [0.25, 0.3) is 0 Å². The van der Waals surface area contributed by atoms with Gasteiger partial charge in [-0.3, -0.25) is 0 Å². The summed E-state index contributed by atoms with van der Waals surface area (Å²) in [6.45, 7) is 5.74. The maximum absolute atomic E-state index is 6.04. The first kappa shape index (κ1) is 22.7. The van der Waals surface area contributed by atoms with Crippen molar-refractivity contribution >= 4 is 17.1 Å². The average Bonchev–Trinajstić information content (AvgIpc) is 3.18. The summed E-state index contributed by atoms with van der Waals surface area (Å²) < 4.78 is 13.9. The molecule has 0 atom stereocenters. The molecule has 4 heteroatoms. The molecule has 0 spiro atoms. The molecule has 33 heavy (non-hydrogen) atoms. The molecule has 0 saturated carbocycles. The molecule has 0 fully saturated rings. The van der Waals surface area contributed by atoms with Crippen LogP contribution in [0.4, 0.5) is 0 Å². The van der Waals surface area contributed by atoms with Crippen LogP contribution in [0.1, 0.15) is 42.3 Å². The van der Waals surface area contributed by atoms with Crippen molar-refractivity contribution in [1.82, 2.24) is 9.55 Å². The van der Waals surface area contributed by atoms with E-state index in [2.05, 4.69) is 66.1 Å². The zero-order valence-corrected chi connectivity index (χ0v) is 19.8. The van der Waals surface area contributed by atoms with Gasteiger partial charge in [-0.2, -0.15) is 0 Å². The average molecular weight is 441 g/mol. The summed E-state index contributed by atoms with van der Waals surface area (Å²) >= 11 is 0. The highest BCUT2D eigenvalue weighted by Gasteiger charge is 2.12. The highest BCUT2D eigenvalue weighted by atomic mass is 16.5. The van der Waals surface area contributed by atoms with Crippen LogP contribution in [-0.2, 0) is 13.0 Å². The van der Waals surface area contributed by atoms with Crippen molar-refractivity contribution in [2.75, 3.05) is 13.7 Å². The molecule has 3 aromatic carbocycles. The van der Waals surface area contributed by atoms with Gasteiger partial charge in [0, 0.05) is 13.0 Å². The second-order valence-corrected chi connectivity index (χ2v) is 8.24. The SMILES string of the molecule is C/C=C/c1ccc(OCCCCn2c(Cc3ccccc3C)nc3ccccc32)c(OC)c1. The zero-order chi connectivity index (χ0) is 23.0. The van der Waals surface area contributed by atoms with E-state index in [1.165, 1.54) is 16.6 Å². The van der Waals surface area contributed by atoms with E-state index >= 15 is 0 Å². The summed E-state index contributed by atoms with van der Waals surface area (Å²) in [4.78, 5) is 4.95. The number of aryl methyl sites for hydroxylation is 2. The van der Waals surface area contributed by atoms with Gasteiger partial charge in [-0.15, -0.1) is 0 Å². The summed E-state index contributed by atoms with van der Waals surface area (Å²) in [5, 5.41) is 0. The summed E-state index contributed by atoms with van der Waals surface area (Å²) in [5.41, 5.74) is 5.99. The Morgan fingerprint density at radius 2 is 1.76 bits per heavy atom. The third-order valence-electron chi connectivity index (χ3n) is 5.92. The number of ether oxygens (including phenoxy) is 2. The van der Waals surface area contributed by atoms with E-state index in [-0.39, 0.29) is 0 Å². The maximum Gasteiger partial charge on any atom is 0.161 e. The minimum Gasteiger partial charge on any atom is -0.493 e. The van der Waals surface area contributed by atoms with Crippen molar-refractivity contribution in [1.29, 1.82) is 0 Å². The fourth-order valence-corrected chi connectivity index (χ4v) is 4.14. The van der Waals surface area contributed by atoms with Crippen LogP contribution >= 0.6 is 0 Å². The van der Waals surface area contributed by atoms with Crippen molar-refractivity contribution in [3.05, 3.63) is 95.3 Å². The Morgan fingerprint density at radius 1 is 0.939 bits per heavy atom. The number of fused-ring (bicyclic) bond motifs is 1. The fraction of sp³-hybridized carbons (Fsp3) is 0.276. The molecule has 1 aromatic heterocycles. The van der Waals surface area contributed by atoms with Crippen LogP contribution in [0, 0.1) is 6.92 Å². The summed E-state index contributed by atoms with van der Waals surface area (Å²) in [5.74, 6) is 2.68. The topological polar surface area (TPSA) is 36.3 Å². The molecule has 4 aromatic rings. The van der Waals surface area contributed by atoms with Gasteiger partial charge >= 0.3 is 0 Å². The fourth-order valence-electron chi connectivity index (χ4n) is 4.14. The number of hydrogen-bond acceptors (Lipinski definition) is 3. The number of nitrogens with zero attached hydrogens (tertiary/aromatic N) is 2. The molecule has 170 valence electrons. The number of hydrogen-bond donors (Lipinski definition) is 0. The van der Waals surface area contributed by atoms with Crippen LogP contribution in [0.5, 0.6) is 11.5 Å². The standard InChI is InChI=1S/C29H32N2O2/c1-4-11-23-16-17-27(28(20-23)32-3)33-19-10-9-18-31-26-15-8-7-14-25(26)30-29(31)21-24-13-6-5-12-22(24)2/h4-8,11-17,20H,9-10,18-19,21H2,1-3H3/b11-4+. The van der Waals surface area contributed by atoms with E-state index in [1.54, 1.807) is 7.11 Å². The molecular formula is C29H32N2O2. The maximum atomic E-state index is 6.04. The van der Waals surface area contributed by atoms with Gasteiger partial charge < -0.3 is 14.0 Å². The first-order valence-electron chi connectivity index (χ1n) is 11.6. The van der Waals surface area contributed by atoms with E-state index in [0.29, 0.717) is 6.61 Å². The lowest BCUT2D eigenvalue weighted by Crippen LogP contribution is -2.07. The second-order valence-electron chi connectivity index (χ2n) is 8.24. The number of methoxy groups -OCH3 is 1. The van der Waals surface area contributed by atoms with Crippen molar-refractivity contribution in [2.24, 2.45) is 0 Å². The Labute approximate surface area is 196 Å². The lowest BCUT2D eigenvalue weighted by molar-refractivity contribution is 0.284. The number of rotatable bonds is 10. The molecule has 0 aliphatic carbocycles. The molecule has 1 heterocycles. The normalized spacial score (nSPS) is 11.4. The Morgan fingerprint density at radius 3 is 2.58 bits per heavy atom. The summed E-state index contributed by atoms with van der Waals surface area (Å²) in [6, 6.07) is 23.0. The lowest BCUT2D eigenvalue weighted by Gasteiger charge is -2.13. The predicted molar refractivity (Wildman–Crippen MR) is 136 cm³/mol. The van der Waals surface area contributed by atoms with Crippen LogP contribution in [-0.4, -0.2) is 23.3 Å². The van der Waals surface area contributed by atoms with Crippen LogP contribution < -0.4 is 9.47 Å². The van der Waals surface area contributed by atoms with Crippen molar-refractivity contribution in [2.45, 2.75) is 39.7 Å². The Balaban J connectivity index is 1.41. The van der Waals surface area contributed by atoms with Crippen molar-refractivity contribution in [3.8, 4) is 11.5 Å². The van der Waals surface area contributed by atoms with E-state index in [9.17, 15) is 0 Å². The van der Waals surface area contributed by atoms with Crippen LogP contribution in [0.25, 0.3) is 17.1 Å². The molecule has 0 N–H and O–H groups in total. The van der Waals surface area contributed by atoms with Gasteiger partial charge in [0.1, 0.15) is 5.82 Å². The number of imidazole rings is 1. The van der Waals surface area contributed by atoms with Crippen molar-refractivity contribution < 1.29 is 9.47 Å². The quantitative estimate of drug-likeness (QED) is 0.253. The first-order valence-corrected chi connectivity index (χ1v) is 11.6. The smallest absolute Gasteiger partial charge is 0.161 e. The van der Waals surface area contributed by atoms with E-state index in [4.69, 9.17) is 14.5 Å². The number of allylic oxidation sites excluding steroid dienone is 1. The van der Waals surface area contributed by atoms with E-state index < -0.39 is 0 Å². The largest absolute Gasteiger partial charge is 0.493 e. The molecule has 0 aliphatic rings. The van der Waals surface area contributed by atoms with Crippen LogP contribution in [0.15, 0.2) is 72.8 Å². The molecule has 0 saturated heterocycles. The third-order valence-corrected chi connectivity index (χ3v) is 5.92. The minimum atomic E-state index is 0.652. The predicted octanol–water partition coefficient (Wildman–Crippen LogP) is 6.84. The van der Waals surface area contributed by atoms with Crippen LogP contribution in [0.2, 0.25) is 0 Å². The highest BCUT2D eigenvalue weighted by molar-refractivity contribution is 5.76. The van der Waals surface area contributed by atoms with Gasteiger partial charge in [-0.25, -0.2) is 4.98 Å². The monoisotopic (exact) mass is 440 g/mol. The van der Waals surface area contributed by atoms with E-state index in [0.717, 1.165) is 54.2 Å². The molecule has 0 unspecified atom stereocenters. The third kappa shape index (κ3) is 5.46. The molecule has 0 radical (unpaired) electrons. The number of benzene rings is 3. The summed E-state index contributed by atoms with van der Waals surface area (Å²) in [6.07, 6.45) is 6.88. The molecule has 4 rings (SSSR count). The van der Waals surface area contributed by atoms with Gasteiger partial charge in [-0.05, 0) is 67.6 Å². The highest BCUT2D eigenvalue weighted by Crippen LogP contribution is 2.29. The van der Waals surface area contributed by atoms with Gasteiger partial charge in [0.05, 0.1) is 24.8 Å². The number of unbranched alkanes of at least 4 members (excludes halogenated alkanes) is 1. The van der Waals surface area contributed by atoms with E-state index in [1.807, 2.05) is 31.2 Å². The van der Waals surface area contributed by atoms with Gasteiger partial charge in [-0.1, -0.05) is 54.6 Å². The Kier molecular flexibility index (Phi) is 7.46. The minimum absolute atomic E-state index is 0.652. The number of para-hydroxylation sites is 2. The Hall–Kier alpha value is -3.53. The summed E-state index contributed by atoms with van der Waals surface area (Å²) in [7, 11) is 1.68. The molecule has 4 nitrogen and oxygen atoms in total. The molecule has 0 aliphatic heterocycles. The first-order chi connectivity index (χ1) is 16.2. The van der Waals surface area contributed by atoms with Crippen molar-refractivity contribution in [3.63, 3.8) is 0 Å². The van der Waals surface area contributed by atoms with Gasteiger partial charge in [0.2, 0.25) is 0 Å². The molecular weight excluding hydrogens is 408 g/mol. The van der Waals surface area contributed by atoms with Crippen LogP contribution in [0.3, 0.4) is 0 Å². The Bertz CT molecular complexity index is 1240. The second kappa shape index (κ2) is 10.9. The number of aromatic nitrogens is 2. The zero-order valence-electron chi connectivity index (χ0n) is 19.8. The van der Waals surface area contributed by atoms with Gasteiger partial charge in [0.15, 0.2) is 11.5 Å².